The van der Waals surface area contributed by atoms with Gasteiger partial charge in [0.2, 0.25) is 0 Å². The van der Waals surface area contributed by atoms with Crippen LogP contribution in [0.2, 0.25) is 0 Å². The van der Waals surface area contributed by atoms with Gasteiger partial charge in [-0.05, 0) is 25.5 Å². The quantitative estimate of drug-likeness (QED) is 0.723. The molecular weight excluding hydrogens is 406 g/mol. The Hall–Kier alpha value is -2.95. The summed E-state index contributed by atoms with van der Waals surface area (Å²) >= 11 is 0. The molecule has 4 heterocycles. The lowest BCUT2D eigenvalue weighted by Crippen LogP contribution is -2.45. The van der Waals surface area contributed by atoms with Crippen molar-refractivity contribution in [2.45, 2.75) is 51.4 Å². The van der Waals surface area contributed by atoms with Crippen LogP contribution in [0.3, 0.4) is 0 Å². The minimum absolute atomic E-state index is 0.00340. The maximum atomic E-state index is 14.6. The molecule has 0 bridgehead atoms. The number of amides is 2. The molecule has 0 fully saturated rings. The number of hydrogen-bond donors (Lipinski definition) is 2. The first kappa shape index (κ1) is 20.3. The fraction of sp³-hybridized carbons (Fsp3) is 0.421. The smallest absolute Gasteiger partial charge is 0.322 e. The van der Waals surface area contributed by atoms with Crippen molar-refractivity contribution >= 4 is 17.5 Å². The van der Waals surface area contributed by atoms with Gasteiger partial charge < -0.3 is 15.3 Å². The van der Waals surface area contributed by atoms with Crippen LogP contribution < -0.4 is 5.32 Å². The molecule has 2 atom stereocenters. The molecule has 2 aromatic rings. The number of hydrogen-bond acceptors (Lipinski definition) is 4. The molecule has 4 rings (SSSR count). The number of aromatic nitrogens is 3. The third-order valence-electron chi connectivity index (χ3n) is 5.31. The van der Waals surface area contributed by atoms with Gasteiger partial charge in [0.15, 0.2) is 5.82 Å². The standard InChI is InChI=1S/C19H19F4N5O2/c1-9-6-14-11(17-12(20)7-10(29)3-5-28(17)26-14)8-27(9)19(30)25-13-2-4-24-16(15(13)21)18(22)23/h2,4,7,9-10,18,29H,3,5-6,8H2,1H3,(H,24,25,30)/t9-,10-/m1/s1. The minimum Gasteiger partial charge on any atom is -0.389 e. The number of aryl methyl sites for hydroxylation is 1. The van der Waals surface area contributed by atoms with Gasteiger partial charge in [0, 0.05) is 30.8 Å². The van der Waals surface area contributed by atoms with Gasteiger partial charge in [0.05, 0.1) is 24.0 Å². The van der Waals surface area contributed by atoms with Crippen LogP contribution >= 0.6 is 0 Å². The molecule has 2 N–H and O–H groups in total. The first-order valence-corrected chi connectivity index (χ1v) is 9.40. The molecule has 0 aliphatic carbocycles. The van der Waals surface area contributed by atoms with E-state index >= 15 is 0 Å². The molecule has 0 saturated carbocycles. The van der Waals surface area contributed by atoms with Gasteiger partial charge in [-0.15, -0.1) is 0 Å². The number of urea groups is 1. The predicted molar refractivity (Wildman–Crippen MR) is 98.8 cm³/mol. The fourth-order valence-electron chi connectivity index (χ4n) is 3.78. The normalized spacial score (nSPS) is 21.0. The van der Waals surface area contributed by atoms with Crippen molar-refractivity contribution in [3.8, 4) is 0 Å². The summed E-state index contributed by atoms with van der Waals surface area (Å²) in [5, 5.41) is 16.5. The SMILES string of the molecule is C[C@@H]1Cc2nn3c(c2CN1C(=O)Nc1ccnc(C(F)F)c1F)C(F)=C[C@H](O)CC3. The molecule has 0 unspecified atom stereocenters. The van der Waals surface area contributed by atoms with Gasteiger partial charge in [-0.1, -0.05) is 0 Å². The zero-order valence-corrected chi connectivity index (χ0v) is 15.9. The summed E-state index contributed by atoms with van der Waals surface area (Å²) in [6, 6.07) is 0.0414. The van der Waals surface area contributed by atoms with Gasteiger partial charge in [-0.25, -0.2) is 22.4 Å². The zero-order chi connectivity index (χ0) is 21.6. The van der Waals surface area contributed by atoms with E-state index in [0.29, 0.717) is 30.6 Å². The highest BCUT2D eigenvalue weighted by Crippen LogP contribution is 2.33. The number of alkyl halides is 2. The highest BCUT2D eigenvalue weighted by atomic mass is 19.3. The summed E-state index contributed by atoms with van der Waals surface area (Å²) in [7, 11) is 0. The fourth-order valence-corrected chi connectivity index (χ4v) is 3.78. The van der Waals surface area contributed by atoms with Crippen molar-refractivity contribution in [3.05, 3.63) is 46.8 Å². The molecular formula is C19H19F4N5O2. The van der Waals surface area contributed by atoms with Crippen molar-refractivity contribution in [2.24, 2.45) is 0 Å². The number of pyridine rings is 1. The number of rotatable bonds is 2. The molecule has 0 radical (unpaired) electrons. The Morgan fingerprint density at radius 1 is 1.37 bits per heavy atom. The van der Waals surface area contributed by atoms with Crippen LogP contribution in [0.25, 0.3) is 5.83 Å². The number of nitrogens with one attached hydrogen (secondary N) is 1. The second-order valence-corrected chi connectivity index (χ2v) is 7.34. The monoisotopic (exact) mass is 425 g/mol. The second kappa shape index (κ2) is 7.71. The molecule has 0 saturated heterocycles. The van der Waals surface area contributed by atoms with Gasteiger partial charge in [-0.3, -0.25) is 9.67 Å². The first-order chi connectivity index (χ1) is 14.3. The van der Waals surface area contributed by atoms with Crippen LogP contribution in [0.5, 0.6) is 0 Å². The van der Waals surface area contributed by atoms with E-state index in [1.165, 1.54) is 9.58 Å². The largest absolute Gasteiger partial charge is 0.389 e. The number of carbonyl (C=O) groups is 1. The van der Waals surface area contributed by atoms with Crippen LogP contribution in [-0.2, 0) is 19.5 Å². The van der Waals surface area contributed by atoms with E-state index in [1.807, 2.05) is 0 Å². The molecule has 0 spiro atoms. The number of anilines is 1. The molecule has 160 valence electrons. The number of aliphatic hydroxyl groups excluding tert-OH is 1. The van der Waals surface area contributed by atoms with E-state index in [4.69, 9.17) is 0 Å². The number of fused-ring (bicyclic) bond motifs is 3. The van der Waals surface area contributed by atoms with E-state index < -0.39 is 41.6 Å². The van der Waals surface area contributed by atoms with E-state index in [-0.39, 0.29) is 18.3 Å². The van der Waals surface area contributed by atoms with Crippen LogP contribution in [-0.4, -0.2) is 42.9 Å². The van der Waals surface area contributed by atoms with Crippen molar-refractivity contribution in [3.63, 3.8) is 0 Å². The van der Waals surface area contributed by atoms with Crippen LogP contribution in [0.1, 0.15) is 42.4 Å². The van der Waals surface area contributed by atoms with Crippen molar-refractivity contribution in [1.82, 2.24) is 19.7 Å². The summed E-state index contributed by atoms with van der Waals surface area (Å²) in [5.74, 6) is -1.92. The summed E-state index contributed by atoms with van der Waals surface area (Å²) in [6.07, 6.45) is -1.29. The van der Waals surface area contributed by atoms with Gasteiger partial charge >= 0.3 is 6.03 Å². The first-order valence-electron chi connectivity index (χ1n) is 9.40. The van der Waals surface area contributed by atoms with E-state index in [9.17, 15) is 27.5 Å². The van der Waals surface area contributed by atoms with E-state index in [2.05, 4.69) is 15.4 Å². The highest BCUT2D eigenvalue weighted by molar-refractivity contribution is 5.90. The molecule has 30 heavy (non-hydrogen) atoms. The predicted octanol–water partition coefficient (Wildman–Crippen LogP) is 3.41. The molecule has 2 aromatic heterocycles. The van der Waals surface area contributed by atoms with Crippen LogP contribution in [0, 0.1) is 5.82 Å². The Kier molecular flexibility index (Phi) is 5.22. The van der Waals surface area contributed by atoms with Crippen molar-refractivity contribution in [2.75, 3.05) is 5.32 Å². The average Bonchev–Trinajstić information content (AvgIpc) is 2.97. The molecule has 11 heteroatoms. The number of nitrogens with zero attached hydrogens (tertiary/aromatic N) is 4. The summed E-state index contributed by atoms with van der Waals surface area (Å²) < 4.78 is 56.1. The molecule has 7 nitrogen and oxygen atoms in total. The summed E-state index contributed by atoms with van der Waals surface area (Å²) in [6.45, 7) is 2.09. The maximum Gasteiger partial charge on any atom is 0.322 e. The van der Waals surface area contributed by atoms with Gasteiger partial charge in [0.1, 0.15) is 17.2 Å². The van der Waals surface area contributed by atoms with E-state index in [1.54, 1.807) is 6.92 Å². The molecule has 2 amide bonds. The molecule has 0 aromatic carbocycles. The molecule has 2 aliphatic rings. The summed E-state index contributed by atoms with van der Waals surface area (Å²) in [5.41, 5.74) is -0.0895. The van der Waals surface area contributed by atoms with Crippen molar-refractivity contribution < 1.29 is 27.5 Å². The van der Waals surface area contributed by atoms with Gasteiger partial charge in [0.25, 0.3) is 6.43 Å². The average molecular weight is 425 g/mol. The third-order valence-corrected chi connectivity index (χ3v) is 5.31. The Morgan fingerprint density at radius 2 is 2.13 bits per heavy atom. The Bertz CT molecular complexity index is 1020. The maximum absolute atomic E-state index is 14.6. The summed E-state index contributed by atoms with van der Waals surface area (Å²) in [4.78, 5) is 17.4. The van der Waals surface area contributed by atoms with Crippen LogP contribution in [0.15, 0.2) is 18.3 Å². The highest BCUT2D eigenvalue weighted by Gasteiger charge is 2.34. The number of halogens is 4. The minimum atomic E-state index is -3.12. The third kappa shape index (κ3) is 3.53. The number of aliphatic hydroxyl groups is 1. The Morgan fingerprint density at radius 3 is 2.87 bits per heavy atom. The number of carbonyl (C=O) groups excluding carboxylic acids is 1. The zero-order valence-electron chi connectivity index (χ0n) is 15.9. The second-order valence-electron chi connectivity index (χ2n) is 7.34. The van der Waals surface area contributed by atoms with Crippen molar-refractivity contribution in [1.29, 1.82) is 0 Å². The van der Waals surface area contributed by atoms with E-state index in [0.717, 1.165) is 18.3 Å². The topological polar surface area (TPSA) is 83.3 Å². The lowest BCUT2D eigenvalue weighted by Gasteiger charge is -2.33. The van der Waals surface area contributed by atoms with Crippen LogP contribution in [0.4, 0.5) is 28.0 Å². The lowest BCUT2D eigenvalue weighted by atomic mass is 9.99. The Labute approximate surface area is 169 Å². The molecule has 2 aliphatic heterocycles. The van der Waals surface area contributed by atoms with Gasteiger partial charge in [-0.2, -0.15) is 5.10 Å². The Balaban J connectivity index is 1.61. The lowest BCUT2D eigenvalue weighted by molar-refractivity contribution is 0.140.